The normalized spacial score (nSPS) is 9.62. The van der Waals surface area contributed by atoms with Gasteiger partial charge in [-0.15, -0.1) is 0 Å². The van der Waals surface area contributed by atoms with Gasteiger partial charge in [0.15, 0.2) is 12.0 Å². The van der Waals surface area contributed by atoms with E-state index >= 15 is 0 Å². The van der Waals surface area contributed by atoms with Gasteiger partial charge < -0.3 is 0 Å². The van der Waals surface area contributed by atoms with Gasteiger partial charge in [-0.3, -0.25) is 14.6 Å². The van der Waals surface area contributed by atoms with Crippen molar-refractivity contribution in [1.29, 1.82) is 0 Å². The number of carbonyl (C=O) groups is 2. The lowest BCUT2D eigenvalue weighted by atomic mass is 10.2. The van der Waals surface area contributed by atoms with Crippen molar-refractivity contribution in [3.8, 4) is 5.75 Å². The smallest absolute Gasteiger partial charge is 0.298 e. The Balaban J connectivity index is 2.66. The van der Waals surface area contributed by atoms with Gasteiger partial charge in [0, 0.05) is 6.42 Å². The number of hydrogen-bond acceptors (Lipinski definition) is 4. The Bertz CT molecular complexity index is 390. The molecule has 86 valence electrons. The average Bonchev–Trinajstić information content (AvgIpc) is 2.27. The van der Waals surface area contributed by atoms with Crippen LogP contribution < -0.4 is 4.89 Å². The Hall–Kier alpha value is -1.91. The molecule has 1 aromatic carbocycles. The molecule has 0 amide bonds. The third kappa shape index (κ3) is 3.34. The lowest BCUT2D eigenvalue weighted by Gasteiger charge is -2.05. The molecule has 0 aromatic heterocycles. The van der Waals surface area contributed by atoms with Gasteiger partial charge in [-0.05, 0) is 24.6 Å². The summed E-state index contributed by atoms with van der Waals surface area (Å²) in [4.78, 5) is 30.6. The van der Waals surface area contributed by atoms with E-state index in [-0.39, 0.29) is 17.7 Å². The van der Waals surface area contributed by atoms with Crippen LogP contribution in [0.2, 0.25) is 0 Å². The molecule has 0 aliphatic rings. The predicted molar refractivity (Wildman–Crippen MR) is 53.4 cm³/mol. The van der Waals surface area contributed by atoms with E-state index in [0.29, 0.717) is 12.7 Å². The Morgan fingerprint density at radius 3 is 2.88 bits per heavy atom. The highest BCUT2D eigenvalue weighted by Gasteiger charge is 2.08. The molecule has 0 aliphatic carbocycles. The maximum Gasteiger partial charge on any atom is 0.355 e. The maximum atomic E-state index is 12.7. The molecule has 0 saturated heterocycles. The van der Waals surface area contributed by atoms with Gasteiger partial charge in [0.05, 0.1) is 5.56 Å². The molecular weight excluding hydrogens is 215 g/mol. The zero-order chi connectivity index (χ0) is 12.0. The van der Waals surface area contributed by atoms with Crippen molar-refractivity contribution in [2.75, 3.05) is 0 Å². The van der Waals surface area contributed by atoms with Crippen LogP contribution in [0.25, 0.3) is 0 Å². The van der Waals surface area contributed by atoms with E-state index in [0.717, 1.165) is 12.1 Å². The summed E-state index contributed by atoms with van der Waals surface area (Å²) >= 11 is 0. The second-order valence-electron chi connectivity index (χ2n) is 3.09. The van der Waals surface area contributed by atoms with E-state index in [1.165, 1.54) is 6.07 Å². The molecule has 1 rings (SSSR count). The topological polar surface area (TPSA) is 52.6 Å². The summed E-state index contributed by atoms with van der Waals surface area (Å²) in [7, 11) is 0. The summed E-state index contributed by atoms with van der Waals surface area (Å²) in [5.74, 6) is -1.08. The molecule has 0 atom stereocenters. The molecule has 0 spiro atoms. The molecule has 0 bridgehead atoms. The monoisotopic (exact) mass is 226 g/mol. The Kier molecular flexibility index (Phi) is 4.44. The largest absolute Gasteiger partial charge is 0.355 e. The first-order valence-corrected chi connectivity index (χ1v) is 4.79. The predicted octanol–water partition coefficient (Wildman–Crippen LogP) is 2.28. The second-order valence-corrected chi connectivity index (χ2v) is 3.09. The quantitative estimate of drug-likeness (QED) is 0.439. The molecule has 16 heavy (non-hydrogen) atoms. The molecule has 0 saturated carbocycles. The van der Waals surface area contributed by atoms with Gasteiger partial charge in [0.25, 0.3) is 0 Å². The summed E-state index contributed by atoms with van der Waals surface area (Å²) in [5.41, 5.74) is -0.00991. The molecule has 0 unspecified atom stereocenters. The number of rotatable bonds is 5. The third-order valence-corrected chi connectivity index (χ3v) is 1.78. The SMILES string of the molecule is CCCC(=O)OOc1ccc(F)cc1C=O. The average molecular weight is 226 g/mol. The van der Waals surface area contributed by atoms with E-state index in [1.807, 2.05) is 6.92 Å². The van der Waals surface area contributed by atoms with Crippen LogP contribution in [0.1, 0.15) is 30.1 Å². The van der Waals surface area contributed by atoms with Crippen molar-refractivity contribution in [1.82, 2.24) is 0 Å². The summed E-state index contributed by atoms with van der Waals surface area (Å²) in [6.07, 6.45) is 1.27. The van der Waals surface area contributed by atoms with E-state index in [9.17, 15) is 14.0 Å². The van der Waals surface area contributed by atoms with Gasteiger partial charge in [-0.1, -0.05) is 6.92 Å². The van der Waals surface area contributed by atoms with E-state index in [4.69, 9.17) is 0 Å². The molecule has 1 aromatic rings. The minimum atomic E-state index is -0.561. The Labute approximate surface area is 91.9 Å². The van der Waals surface area contributed by atoms with Crippen LogP contribution in [0.5, 0.6) is 5.75 Å². The van der Waals surface area contributed by atoms with Crippen LogP contribution in [0.3, 0.4) is 0 Å². The summed E-state index contributed by atoms with van der Waals surface area (Å²) < 4.78 is 12.7. The zero-order valence-corrected chi connectivity index (χ0v) is 8.73. The lowest BCUT2D eigenvalue weighted by molar-refractivity contribution is -0.213. The fraction of sp³-hybridized carbons (Fsp3) is 0.273. The van der Waals surface area contributed by atoms with Crippen molar-refractivity contribution in [2.24, 2.45) is 0 Å². The van der Waals surface area contributed by atoms with Crippen LogP contribution in [-0.4, -0.2) is 12.3 Å². The second kappa shape index (κ2) is 5.85. The number of carbonyl (C=O) groups excluding carboxylic acids is 2. The molecule has 4 nitrogen and oxygen atoms in total. The molecular formula is C11H11FO4. The number of benzene rings is 1. The fourth-order valence-corrected chi connectivity index (χ4v) is 1.02. The van der Waals surface area contributed by atoms with Crippen LogP contribution in [-0.2, 0) is 9.68 Å². The van der Waals surface area contributed by atoms with Crippen LogP contribution >= 0.6 is 0 Å². The molecule has 0 aliphatic heterocycles. The van der Waals surface area contributed by atoms with E-state index in [1.54, 1.807) is 0 Å². The zero-order valence-electron chi connectivity index (χ0n) is 8.73. The number of hydrogen-bond donors (Lipinski definition) is 0. The van der Waals surface area contributed by atoms with Crippen molar-refractivity contribution >= 4 is 12.3 Å². The van der Waals surface area contributed by atoms with Crippen molar-refractivity contribution in [3.05, 3.63) is 29.6 Å². The fourth-order valence-electron chi connectivity index (χ4n) is 1.02. The minimum Gasteiger partial charge on any atom is -0.298 e. The van der Waals surface area contributed by atoms with Crippen LogP contribution in [0, 0.1) is 5.82 Å². The van der Waals surface area contributed by atoms with Crippen LogP contribution in [0.4, 0.5) is 4.39 Å². The highest BCUT2D eigenvalue weighted by atomic mass is 19.1. The summed E-state index contributed by atoms with van der Waals surface area (Å²) in [6.45, 7) is 1.82. The first-order chi connectivity index (χ1) is 7.67. The summed E-state index contributed by atoms with van der Waals surface area (Å²) in [5, 5.41) is 0. The van der Waals surface area contributed by atoms with Crippen molar-refractivity contribution < 1.29 is 23.8 Å². The first-order valence-electron chi connectivity index (χ1n) is 4.79. The van der Waals surface area contributed by atoms with E-state index in [2.05, 4.69) is 9.78 Å². The Morgan fingerprint density at radius 1 is 1.50 bits per heavy atom. The van der Waals surface area contributed by atoms with Crippen LogP contribution in [0.15, 0.2) is 18.2 Å². The first kappa shape index (κ1) is 12.2. The number of halogens is 1. The highest BCUT2D eigenvalue weighted by molar-refractivity contribution is 5.79. The van der Waals surface area contributed by atoms with Gasteiger partial charge in [-0.25, -0.2) is 9.18 Å². The van der Waals surface area contributed by atoms with Gasteiger partial charge in [0.1, 0.15) is 5.82 Å². The van der Waals surface area contributed by atoms with Gasteiger partial charge in [-0.2, -0.15) is 0 Å². The van der Waals surface area contributed by atoms with Crippen molar-refractivity contribution in [3.63, 3.8) is 0 Å². The molecule has 5 heteroatoms. The number of aldehydes is 1. The standard InChI is InChI=1S/C11H11FO4/c1-2-3-11(14)16-15-10-5-4-9(12)6-8(10)7-13/h4-7H,2-3H2,1H3. The molecule has 0 radical (unpaired) electrons. The van der Waals surface area contributed by atoms with Gasteiger partial charge >= 0.3 is 5.97 Å². The lowest BCUT2D eigenvalue weighted by Crippen LogP contribution is -2.08. The highest BCUT2D eigenvalue weighted by Crippen LogP contribution is 2.18. The Morgan fingerprint density at radius 2 is 2.25 bits per heavy atom. The summed E-state index contributed by atoms with van der Waals surface area (Å²) in [6, 6.07) is 3.32. The third-order valence-electron chi connectivity index (χ3n) is 1.78. The molecule has 0 heterocycles. The van der Waals surface area contributed by atoms with Gasteiger partial charge in [0.2, 0.25) is 0 Å². The minimum absolute atomic E-state index is 0.00991. The van der Waals surface area contributed by atoms with E-state index < -0.39 is 11.8 Å². The maximum absolute atomic E-state index is 12.7. The molecule has 0 fully saturated rings. The molecule has 0 N–H and O–H groups in total. The van der Waals surface area contributed by atoms with Crippen molar-refractivity contribution in [2.45, 2.75) is 19.8 Å².